The van der Waals surface area contributed by atoms with E-state index >= 15 is 0 Å². The summed E-state index contributed by atoms with van der Waals surface area (Å²) >= 11 is 1.53. The van der Waals surface area contributed by atoms with E-state index < -0.39 is 0 Å². The molecule has 2 N–H and O–H groups in total. The third-order valence-electron chi connectivity index (χ3n) is 5.61. The average molecular weight is 384 g/mol. The summed E-state index contributed by atoms with van der Waals surface area (Å²) in [6, 6.07) is 0.762. The van der Waals surface area contributed by atoms with Gasteiger partial charge in [0.1, 0.15) is 10.7 Å². The Bertz CT molecular complexity index is 845. The molecule has 7 heteroatoms. The van der Waals surface area contributed by atoms with E-state index in [2.05, 4.69) is 45.5 Å². The first-order valence-electron chi connectivity index (χ1n) is 9.45. The molecule has 0 saturated carbocycles. The molecule has 2 aromatic heterocycles. The lowest BCUT2D eigenvalue weighted by Gasteiger charge is -2.34. The Kier molecular flexibility index (Phi) is 5.06. The zero-order valence-electron chi connectivity index (χ0n) is 15.7. The third-order valence-corrected chi connectivity index (χ3v) is 6.52. The zero-order valence-corrected chi connectivity index (χ0v) is 16.6. The maximum Gasteiger partial charge on any atom is 0.228 e. The molecule has 3 atom stereocenters. The van der Waals surface area contributed by atoms with Gasteiger partial charge in [0.2, 0.25) is 5.91 Å². The van der Waals surface area contributed by atoms with Crippen LogP contribution in [0.25, 0.3) is 10.7 Å². The van der Waals surface area contributed by atoms with Crippen LogP contribution in [0.2, 0.25) is 0 Å². The van der Waals surface area contributed by atoms with Crippen molar-refractivity contribution in [3.63, 3.8) is 0 Å². The molecule has 2 bridgehead atoms. The van der Waals surface area contributed by atoms with E-state index in [-0.39, 0.29) is 17.4 Å². The van der Waals surface area contributed by atoms with Gasteiger partial charge < -0.3 is 10.6 Å². The van der Waals surface area contributed by atoms with Gasteiger partial charge in [-0.1, -0.05) is 11.6 Å². The molecule has 4 heterocycles. The standard InChI is InChI=1S/C20H25N5OS/c1-13(2)5-6-20(9-14-3-4-17(20)24-14)19(26)23-10-15-12-27-18(25-15)16-11-21-7-8-22-16/h5,7-8,11-12,14,17,24H,3-4,6,9-10H2,1-2H3,(H,23,26)/t14-,17+,20+/m0/s1. The zero-order chi connectivity index (χ0) is 18.9. The number of hydrogen-bond acceptors (Lipinski definition) is 6. The fourth-order valence-electron chi connectivity index (χ4n) is 4.22. The number of aromatic nitrogens is 3. The molecule has 0 unspecified atom stereocenters. The maximum absolute atomic E-state index is 13.2. The van der Waals surface area contributed by atoms with E-state index in [0.29, 0.717) is 12.6 Å². The van der Waals surface area contributed by atoms with Crippen LogP contribution in [0.5, 0.6) is 0 Å². The van der Waals surface area contributed by atoms with Crippen molar-refractivity contribution in [2.75, 3.05) is 0 Å². The van der Waals surface area contributed by atoms with Gasteiger partial charge in [-0.2, -0.15) is 0 Å². The summed E-state index contributed by atoms with van der Waals surface area (Å²) in [5, 5.41) is 9.59. The van der Waals surface area contributed by atoms with E-state index in [9.17, 15) is 4.79 Å². The van der Waals surface area contributed by atoms with Crippen LogP contribution in [0, 0.1) is 5.41 Å². The van der Waals surface area contributed by atoms with E-state index in [1.54, 1.807) is 18.6 Å². The van der Waals surface area contributed by atoms with Crippen LogP contribution in [-0.2, 0) is 11.3 Å². The largest absolute Gasteiger partial charge is 0.350 e. The molecular weight excluding hydrogens is 358 g/mol. The van der Waals surface area contributed by atoms with Crippen molar-refractivity contribution >= 4 is 17.2 Å². The van der Waals surface area contributed by atoms with Crippen molar-refractivity contribution in [3.05, 3.63) is 41.3 Å². The van der Waals surface area contributed by atoms with E-state index in [4.69, 9.17) is 0 Å². The Labute approximate surface area is 163 Å². The van der Waals surface area contributed by atoms with Gasteiger partial charge in [0, 0.05) is 29.9 Å². The number of rotatable bonds is 6. The molecule has 1 amide bonds. The van der Waals surface area contributed by atoms with Gasteiger partial charge in [-0.05, 0) is 39.5 Å². The monoisotopic (exact) mass is 383 g/mol. The van der Waals surface area contributed by atoms with Crippen LogP contribution in [0.4, 0.5) is 0 Å². The predicted octanol–water partition coefficient (Wildman–Crippen LogP) is 3.08. The van der Waals surface area contributed by atoms with Gasteiger partial charge >= 0.3 is 0 Å². The Morgan fingerprint density at radius 3 is 2.96 bits per heavy atom. The number of nitrogens with zero attached hydrogens (tertiary/aromatic N) is 3. The first-order valence-corrected chi connectivity index (χ1v) is 10.3. The Hall–Kier alpha value is -2.12. The number of nitrogens with one attached hydrogen (secondary N) is 2. The summed E-state index contributed by atoms with van der Waals surface area (Å²) in [6.45, 7) is 4.63. The number of fused-ring (bicyclic) bond motifs is 2. The molecule has 2 saturated heterocycles. The van der Waals surface area contributed by atoms with Crippen molar-refractivity contribution in [1.82, 2.24) is 25.6 Å². The van der Waals surface area contributed by atoms with E-state index in [0.717, 1.165) is 35.7 Å². The van der Waals surface area contributed by atoms with E-state index in [1.807, 2.05) is 5.38 Å². The van der Waals surface area contributed by atoms with Gasteiger partial charge in [-0.25, -0.2) is 4.98 Å². The number of amides is 1. The predicted molar refractivity (Wildman–Crippen MR) is 106 cm³/mol. The minimum Gasteiger partial charge on any atom is -0.350 e. The van der Waals surface area contributed by atoms with Crippen LogP contribution in [-0.4, -0.2) is 32.9 Å². The van der Waals surface area contributed by atoms with Crippen molar-refractivity contribution < 1.29 is 4.79 Å². The lowest BCUT2D eigenvalue weighted by atomic mass is 9.70. The molecule has 0 aromatic carbocycles. The smallest absolute Gasteiger partial charge is 0.228 e. The fourth-order valence-corrected chi connectivity index (χ4v) is 5.00. The number of allylic oxidation sites excluding steroid dienone is 2. The summed E-state index contributed by atoms with van der Waals surface area (Å²) in [4.78, 5) is 26.2. The minimum atomic E-state index is -0.329. The third kappa shape index (κ3) is 3.66. The maximum atomic E-state index is 13.2. The molecular formula is C20H25N5OS. The van der Waals surface area contributed by atoms with Crippen molar-refractivity contribution in [2.24, 2.45) is 5.41 Å². The molecule has 0 aliphatic carbocycles. The first-order chi connectivity index (χ1) is 13.1. The topological polar surface area (TPSA) is 79.8 Å². The summed E-state index contributed by atoms with van der Waals surface area (Å²) in [7, 11) is 0. The highest BCUT2D eigenvalue weighted by atomic mass is 32.1. The highest BCUT2D eigenvalue weighted by molar-refractivity contribution is 7.13. The fraction of sp³-hybridized carbons (Fsp3) is 0.500. The number of carbonyl (C=O) groups excluding carboxylic acids is 1. The molecule has 27 heavy (non-hydrogen) atoms. The highest BCUT2D eigenvalue weighted by Crippen LogP contribution is 2.46. The van der Waals surface area contributed by atoms with Crippen LogP contribution in [0.3, 0.4) is 0 Å². The molecule has 2 aromatic rings. The lowest BCUT2D eigenvalue weighted by Crippen LogP contribution is -2.48. The SMILES string of the molecule is CC(C)=CC[C@@]1(C(=O)NCc2csc(-c3cnccn3)n2)C[C@@H]2CC[C@H]1N2. The lowest BCUT2D eigenvalue weighted by molar-refractivity contribution is -0.132. The number of carbonyl (C=O) groups is 1. The molecule has 4 rings (SSSR count). The normalized spacial score (nSPS) is 26.1. The first kappa shape index (κ1) is 18.3. The van der Waals surface area contributed by atoms with Gasteiger partial charge in [0.15, 0.2) is 0 Å². The second-order valence-corrected chi connectivity index (χ2v) is 8.61. The van der Waals surface area contributed by atoms with Crippen LogP contribution in [0.15, 0.2) is 35.6 Å². The van der Waals surface area contributed by atoms with Gasteiger partial charge in [-0.3, -0.25) is 14.8 Å². The van der Waals surface area contributed by atoms with Crippen LogP contribution in [0.1, 0.15) is 45.2 Å². The Balaban J connectivity index is 1.45. The molecule has 6 nitrogen and oxygen atoms in total. The van der Waals surface area contributed by atoms with Crippen molar-refractivity contribution in [1.29, 1.82) is 0 Å². The van der Waals surface area contributed by atoms with Gasteiger partial charge in [0.25, 0.3) is 0 Å². The van der Waals surface area contributed by atoms with Crippen LogP contribution < -0.4 is 10.6 Å². The number of hydrogen-bond donors (Lipinski definition) is 2. The van der Waals surface area contributed by atoms with Crippen LogP contribution >= 0.6 is 11.3 Å². The Morgan fingerprint density at radius 2 is 2.30 bits per heavy atom. The summed E-state index contributed by atoms with van der Waals surface area (Å²) in [5.41, 5.74) is 2.56. The molecule has 2 aliphatic rings. The average Bonchev–Trinajstić information content (AvgIpc) is 3.41. The van der Waals surface area contributed by atoms with Crippen molar-refractivity contribution in [3.8, 4) is 10.7 Å². The summed E-state index contributed by atoms with van der Waals surface area (Å²) in [5.74, 6) is 0.147. The summed E-state index contributed by atoms with van der Waals surface area (Å²) in [6.07, 6.45) is 11.2. The summed E-state index contributed by atoms with van der Waals surface area (Å²) < 4.78 is 0. The second kappa shape index (κ2) is 7.48. The Morgan fingerprint density at radius 1 is 1.41 bits per heavy atom. The molecule has 142 valence electrons. The number of thiazole rings is 1. The molecule has 2 fully saturated rings. The van der Waals surface area contributed by atoms with E-state index in [1.165, 1.54) is 23.3 Å². The second-order valence-electron chi connectivity index (χ2n) is 7.76. The molecule has 0 spiro atoms. The molecule has 2 aliphatic heterocycles. The van der Waals surface area contributed by atoms with Gasteiger partial charge in [-0.15, -0.1) is 11.3 Å². The highest BCUT2D eigenvalue weighted by Gasteiger charge is 2.54. The van der Waals surface area contributed by atoms with Crippen molar-refractivity contribution in [2.45, 2.75) is 58.2 Å². The minimum absolute atomic E-state index is 0.147. The molecule has 0 radical (unpaired) electrons. The quantitative estimate of drug-likeness (QED) is 0.750. The van der Waals surface area contributed by atoms with Gasteiger partial charge in [0.05, 0.1) is 23.9 Å².